The van der Waals surface area contributed by atoms with Crippen LogP contribution in [0.1, 0.15) is 28.7 Å². The molecule has 16 heteroatoms. The first-order valence-electron chi connectivity index (χ1n) is 14.5. The SMILES string of the molecule is Cc1ccc(SC/N=C(/c2ccc(OCCCOc3ccc(/C(=N/OOc4ccc(C(F)(F)F)cc4)C(F)(F)F)cc3)cc2)C(F)(F)F)cc1. The molecule has 0 atom stereocenters. The molecule has 0 spiro atoms. The molecule has 4 aromatic carbocycles. The topological polar surface area (TPSA) is 61.6 Å². The number of benzene rings is 4. The maximum absolute atomic E-state index is 13.7. The monoisotopic (exact) mass is 730 g/mol. The minimum Gasteiger partial charge on any atom is -0.493 e. The number of hydrogen-bond donors (Lipinski definition) is 0. The molecule has 0 heterocycles. The molecule has 0 fully saturated rings. The minimum atomic E-state index is -4.97. The third-order valence-corrected chi connectivity index (χ3v) is 7.40. The smallest absolute Gasteiger partial charge is 0.437 e. The highest BCUT2D eigenvalue weighted by atomic mass is 32.2. The lowest BCUT2D eigenvalue weighted by Gasteiger charge is -2.13. The number of oxime groups is 1. The van der Waals surface area contributed by atoms with E-state index in [1.54, 1.807) is 0 Å². The van der Waals surface area contributed by atoms with Gasteiger partial charge in [0, 0.05) is 22.4 Å². The Balaban J connectivity index is 1.24. The highest BCUT2D eigenvalue weighted by Crippen LogP contribution is 2.31. The molecule has 0 aliphatic rings. The van der Waals surface area contributed by atoms with Crippen LogP contribution in [0, 0.1) is 6.92 Å². The fourth-order valence-electron chi connectivity index (χ4n) is 4.07. The normalized spacial score (nSPS) is 12.8. The second kappa shape index (κ2) is 16.7. The zero-order valence-electron chi connectivity index (χ0n) is 25.9. The number of thioether (sulfide) groups is 1. The molecule has 0 bridgehead atoms. The Kier molecular flexibility index (Phi) is 12.7. The van der Waals surface area contributed by atoms with Crippen molar-refractivity contribution >= 4 is 23.2 Å². The van der Waals surface area contributed by atoms with Crippen molar-refractivity contribution in [3.63, 3.8) is 0 Å². The van der Waals surface area contributed by atoms with Gasteiger partial charge in [0.05, 0.1) is 24.7 Å². The van der Waals surface area contributed by atoms with Crippen molar-refractivity contribution in [2.75, 3.05) is 19.1 Å². The third-order valence-electron chi connectivity index (χ3n) is 6.54. The summed E-state index contributed by atoms with van der Waals surface area (Å²) < 4.78 is 131. The Morgan fingerprint density at radius 1 is 0.600 bits per heavy atom. The van der Waals surface area contributed by atoms with Crippen LogP contribution in [0.4, 0.5) is 39.5 Å². The van der Waals surface area contributed by atoms with Gasteiger partial charge in [0.1, 0.15) is 17.2 Å². The summed E-state index contributed by atoms with van der Waals surface area (Å²) in [6.45, 7) is 2.14. The van der Waals surface area contributed by atoms with Gasteiger partial charge in [-0.2, -0.15) is 44.5 Å². The van der Waals surface area contributed by atoms with Crippen molar-refractivity contribution in [1.82, 2.24) is 0 Å². The molecule has 4 rings (SSSR count). The van der Waals surface area contributed by atoms with Gasteiger partial charge < -0.3 is 9.47 Å². The van der Waals surface area contributed by atoms with Crippen molar-refractivity contribution in [2.24, 2.45) is 10.1 Å². The summed E-state index contributed by atoms with van der Waals surface area (Å²) in [5.41, 5.74) is -2.94. The lowest BCUT2D eigenvalue weighted by Crippen LogP contribution is -2.24. The largest absolute Gasteiger partial charge is 0.493 e. The average molecular weight is 731 g/mol. The first-order chi connectivity index (χ1) is 23.6. The van der Waals surface area contributed by atoms with Crippen molar-refractivity contribution in [1.29, 1.82) is 0 Å². The quantitative estimate of drug-likeness (QED) is 0.0323. The van der Waals surface area contributed by atoms with E-state index < -0.39 is 41.1 Å². The van der Waals surface area contributed by atoms with E-state index in [2.05, 4.69) is 20.0 Å². The minimum absolute atomic E-state index is 0.102. The molecular formula is C34H27F9N2O4S. The molecule has 0 saturated heterocycles. The maximum atomic E-state index is 13.7. The second-order valence-electron chi connectivity index (χ2n) is 10.3. The Morgan fingerprint density at radius 2 is 1.08 bits per heavy atom. The van der Waals surface area contributed by atoms with Gasteiger partial charge in [-0.1, -0.05) is 17.7 Å². The molecule has 50 heavy (non-hydrogen) atoms. The van der Waals surface area contributed by atoms with Crippen LogP contribution in [-0.2, 0) is 11.2 Å². The molecule has 4 aromatic rings. The molecule has 0 aromatic heterocycles. The number of halogens is 9. The van der Waals surface area contributed by atoms with Gasteiger partial charge in [-0.05, 0) is 97.0 Å². The van der Waals surface area contributed by atoms with E-state index in [1.165, 1.54) is 48.2 Å². The number of ether oxygens (including phenoxy) is 2. The van der Waals surface area contributed by atoms with E-state index >= 15 is 0 Å². The predicted octanol–water partition coefficient (Wildman–Crippen LogP) is 10.2. The number of aryl methyl sites for hydroxylation is 1. The summed E-state index contributed by atoms with van der Waals surface area (Å²) in [4.78, 5) is 13.4. The van der Waals surface area contributed by atoms with Crippen LogP contribution in [0.25, 0.3) is 0 Å². The Bertz CT molecular complexity index is 1720. The number of aliphatic imine (C=N–C) groups is 1. The summed E-state index contributed by atoms with van der Waals surface area (Å²) in [6, 6.07) is 20.4. The molecule has 0 unspecified atom stereocenters. The molecule has 6 nitrogen and oxygen atoms in total. The molecule has 0 aliphatic carbocycles. The predicted molar refractivity (Wildman–Crippen MR) is 169 cm³/mol. The molecule has 266 valence electrons. The zero-order chi connectivity index (χ0) is 36.4. The fraction of sp³-hybridized carbons (Fsp3) is 0.235. The van der Waals surface area contributed by atoms with Crippen LogP contribution in [0.15, 0.2) is 112 Å². The second-order valence-corrected chi connectivity index (χ2v) is 11.3. The molecular weight excluding hydrogens is 703 g/mol. The number of rotatable bonds is 14. The summed E-state index contributed by atoms with van der Waals surface area (Å²) >= 11 is 1.18. The van der Waals surface area contributed by atoms with Crippen LogP contribution in [-0.4, -0.2) is 42.9 Å². The number of nitrogens with zero attached hydrogens (tertiary/aromatic N) is 2. The van der Waals surface area contributed by atoms with Gasteiger partial charge >= 0.3 is 18.5 Å². The van der Waals surface area contributed by atoms with Gasteiger partial charge in [0.2, 0.25) is 0 Å². The van der Waals surface area contributed by atoms with Gasteiger partial charge in [-0.15, -0.1) is 11.8 Å². The molecule has 0 amide bonds. The first kappa shape index (κ1) is 38.0. The Labute approximate surface area is 284 Å². The Hall–Kier alpha value is -4.86. The van der Waals surface area contributed by atoms with Crippen molar-refractivity contribution in [3.8, 4) is 17.2 Å². The Morgan fingerprint density at radius 3 is 1.56 bits per heavy atom. The number of alkyl halides is 9. The van der Waals surface area contributed by atoms with Crippen LogP contribution in [0.3, 0.4) is 0 Å². The van der Waals surface area contributed by atoms with E-state index in [1.807, 2.05) is 31.2 Å². The maximum Gasteiger partial charge on any atom is 0.437 e. The number of hydrogen-bond acceptors (Lipinski definition) is 7. The highest BCUT2D eigenvalue weighted by molar-refractivity contribution is 7.99. The summed E-state index contributed by atoms with van der Waals surface area (Å²) in [5, 5.41) is 2.96. The average Bonchev–Trinajstić information content (AvgIpc) is 3.05. The van der Waals surface area contributed by atoms with Gasteiger partial charge in [0.15, 0.2) is 11.5 Å². The van der Waals surface area contributed by atoms with E-state index in [0.717, 1.165) is 34.7 Å². The van der Waals surface area contributed by atoms with Crippen molar-refractivity contribution in [3.05, 3.63) is 119 Å². The van der Waals surface area contributed by atoms with Crippen molar-refractivity contribution in [2.45, 2.75) is 36.8 Å². The summed E-state index contributed by atoms with van der Waals surface area (Å²) in [5.74, 6) is 0.115. The summed E-state index contributed by atoms with van der Waals surface area (Å²) in [7, 11) is 0. The van der Waals surface area contributed by atoms with E-state index in [-0.39, 0.29) is 36.2 Å². The van der Waals surface area contributed by atoms with Gasteiger partial charge in [0.25, 0.3) is 0 Å². The third kappa shape index (κ3) is 11.6. The lowest BCUT2D eigenvalue weighted by atomic mass is 10.1. The fourth-order valence-corrected chi connectivity index (χ4v) is 4.75. The van der Waals surface area contributed by atoms with E-state index in [4.69, 9.17) is 9.47 Å². The van der Waals surface area contributed by atoms with Crippen LogP contribution in [0.5, 0.6) is 17.2 Å². The molecule has 0 saturated carbocycles. The van der Waals surface area contributed by atoms with Crippen LogP contribution >= 0.6 is 11.8 Å². The highest BCUT2D eigenvalue weighted by Gasteiger charge is 2.38. The van der Waals surface area contributed by atoms with Gasteiger partial charge in [-0.3, -0.25) is 9.88 Å². The van der Waals surface area contributed by atoms with E-state index in [9.17, 15) is 39.5 Å². The van der Waals surface area contributed by atoms with Gasteiger partial charge in [-0.25, -0.2) is 0 Å². The van der Waals surface area contributed by atoms with E-state index in [0.29, 0.717) is 24.3 Å². The zero-order valence-corrected chi connectivity index (χ0v) is 26.7. The molecule has 0 N–H and O–H groups in total. The van der Waals surface area contributed by atoms with Crippen molar-refractivity contribution < 1.29 is 58.9 Å². The first-order valence-corrected chi connectivity index (χ1v) is 15.5. The van der Waals surface area contributed by atoms with Crippen LogP contribution in [0.2, 0.25) is 0 Å². The lowest BCUT2D eigenvalue weighted by molar-refractivity contribution is -0.209. The van der Waals surface area contributed by atoms with Crippen LogP contribution < -0.4 is 14.4 Å². The molecule has 0 aliphatic heterocycles. The molecule has 0 radical (unpaired) electrons. The standard InChI is InChI=1S/C34H27F9N2O4S/c1-22-3-17-29(18-4-22)50-21-44-30(33(38,39)40)23-5-11-26(12-6-23)46-19-2-20-47-27-13-7-24(8-14-27)31(34(41,42)43)45-49-48-28-15-9-25(10-16-28)32(35,36)37/h3-18H,2,19-21H2,1H3/b44-30-,45-31-. The summed E-state index contributed by atoms with van der Waals surface area (Å²) in [6.07, 6.45) is -13.9.